The number of unbranched alkanes of at least 4 members (excludes halogenated alkanes) is 1. The Balaban J connectivity index is 1.83. The molecule has 0 bridgehead atoms. The van der Waals surface area contributed by atoms with E-state index in [1.54, 1.807) is 0 Å². The lowest BCUT2D eigenvalue weighted by atomic mass is 10.2. The van der Waals surface area contributed by atoms with Crippen LogP contribution in [0.4, 0.5) is 0 Å². The van der Waals surface area contributed by atoms with E-state index in [0.29, 0.717) is 0 Å². The molecule has 0 fully saturated rings. The third-order valence-electron chi connectivity index (χ3n) is 4.60. The van der Waals surface area contributed by atoms with Gasteiger partial charge in [0.25, 0.3) is 0 Å². The number of hydrogen-bond donors (Lipinski definition) is 1. The molecule has 1 N–H and O–H groups in total. The van der Waals surface area contributed by atoms with Crippen LogP contribution in [0.25, 0.3) is 0 Å². The molecular weight excluding hydrogens is 312 g/mol. The zero-order valence-corrected chi connectivity index (χ0v) is 16.0. The van der Waals surface area contributed by atoms with Crippen molar-refractivity contribution in [3.05, 3.63) is 24.3 Å². The number of nitrogens with one attached hydrogen (secondary N) is 1. The molecule has 0 aliphatic carbocycles. The Hall–Kier alpha value is -1.85. The average molecular weight is 347 g/mol. The van der Waals surface area contributed by atoms with Crippen molar-refractivity contribution >= 4 is 5.96 Å². The summed E-state index contributed by atoms with van der Waals surface area (Å²) in [5.41, 5.74) is 0. The minimum absolute atomic E-state index is 0.816. The largest absolute Gasteiger partial charge is 0.357 e. The van der Waals surface area contributed by atoms with Gasteiger partial charge in [-0.15, -0.1) is 16.8 Å². The molecule has 1 aliphatic rings. The Morgan fingerprint density at radius 2 is 2.20 bits per heavy atom. The first-order valence-corrected chi connectivity index (χ1v) is 9.77. The first kappa shape index (κ1) is 19.5. The van der Waals surface area contributed by atoms with Gasteiger partial charge in [0.05, 0.1) is 0 Å². The molecule has 0 unspecified atom stereocenters. The molecule has 25 heavy (non-hydrogen) atoms. The summed E-state index contributed by atoms with van der Waals surface area (Å²) in [6.07, 6.45) is 11.0. The number of aromatic nitrogens is 3. The van der Waals surface area contributed by atoms with Crippen molar-refractivity contribution in [2.75, 3.05) is 26.7 Å². The van der Waals surface area contributed by atoms with E-state index < -0.39 is 0 Å². The van der Waals surface area contributed by atoms with Crippen LogP contribution in [0.5, 0.6) is 0 Å². The van der Waals surface area contributed by atoms with E-state index >= 15 is 0 Å². The van der Waals surface area contributed by atoms with E-state index in [-0.39, 0.29) is 0 Å². The third-order valence-corrected chi connectivity index (χ3v) is 4.60. The zero-order chi connectivity index (χ0) is 17.9. The van der Waals surface area contributed by atoms with E-state index in [1.807, 2.05) is 6.08 Å². The minimum Gasteiger partial charge on any atom is -0.357 e. The summed E-state index contributed by atoms with van der Waals surface area (Å²) < 4.78 is 2.34. The van der Waals surface area contributed by atoms with Crippen LogP contribution in [0.2, 0.25) is 0 Å². The second-order valence-corrected chi connectivity index (χ2v) is 6.69. The van der Waals surface area contributed by atoms with Crippen molar-refractivity contribution < 1.29 is 0 Å². The van der Waals surface area contributed by atoms with Gasteiger partial charge in [-0.05, 0) is 39.0 Å². The van der Waals surface area contributed by atoms with Crippen LogP contribution in [-0.2, 0) is 19.4 Å². The summed E-state index contributed by atoms with van der Waals surface area (Å²) in [6.45, 7) is 9.67. The number of allylic oxidation sites excluding steroid dienone is 1. The standard InChI is InChI=1S/C19H34N6/c1-4-6-9-15-24(3)19(20-5-2)21-14-11-13-18-23-22-17-12-8-7-10-16-25(17)18/h4H,1,5-16H2,2-3H3,(H,20,21). The number of guanidine groups is 1. The lowest BCUT2D eigenvalue weighted by molar-refractivity contribution is 0.469. The van der Waals surface area contributed by atoms with Crippen molar-refractivity contribution in [1.29, 1.82) is 0 Å². The Morgan fingerprint density at radius 3 is 3.00 bits per heavy atom. The fraction of sp³-hybridized carbons (Fsp3) is 0.737. The summed E-state index contributed by atoms with van der Waals surface area (Å²) in [6, 6.07) is 0. The number of aliphatic imine (C=N–C) groups is 1. The van der Waals surface area contributed by atoms with Crippen LogP contribution >= 0.6 is 0 Å². The Kier molecular flexibility index (Phi) is 8.49. The molecule has 6 nitrogen and oxygen atoms in total. The molecule has 0 radical (unpaired) electrons. The highest BCUT2D eigenvalue weighted by Gasteiger charge is 2.14. The highest BCUT2D eigenvalue weighted by atomic mass is 15.3. The van der Waals surface area contributed by atoms with E-state index in [1.165, 1.54) is 25.1 Å². The normalized spacial score (nSPS) is 14.7. The van der Waals surface area contributed by atoms with Gasteiger partial charge in [0.15, 0.2) is 5.96 Å². The van der Waals surface area contributed by atoms with Crippen molar-refractivity contribution in [3.8, 4) is 0 Å². The van der Waals surface area contributed by atoms with Gasteiger partial charge in [-0.1, -0.05) is 12.5 Å². The van der Waals surface area contributed by atoms with E-state index in [2.05, 4.69) is 45.5 Å². The van der Waals surface area contributed by atoms with Crippen molar-refractivity contribution in [3.63, 3.8) is 0 Å². The smallest absolute Gasteiger partial charge is 0.193 e. The molecule has 0 saturated heterocycles. The maximum atomic E-state index is 4.77. The molecule has 1 aliphatic heterocycles. The van der Waals surface area contributed by atoms with E-state index in [9.17, 15) is 0 Å². The van der Waals surface area contributed by atoms with Crippen LogP contribution < -0.4 is 5.32 Å². The maximum absolute atomic E-state index is 4.77. The molecular formula is C19H34N6. The second-order valence-electron chi connectivity index (χ2n) is 6.69. The van der Waals surface area contributed by atoms with Gasteiger partial charge in [0, 0.05) is 46.1 Å². The minimum atomic E-state index is 0.816. The zero-order valence-electron chi connectivity index (χ0n) is 16.0. The summed E-state index contributed by atoms with van der Waals surface area (Å²) in [4.78, 5) is 6.97. The summed E-state index contributed by atoms with van der Waals surface area (Å²) in [5, 5.41) is 12.2. The van der Waals surface area contributed by atoms with Crippen LogP contribution in [0.3, 0.4) is 0 Å². The first-order valence-electron chi connectivity index (χ1n) is 9.77. The maximum Gasteiger partial charge on any atom is 0.193 e. The fourth-order valence-electron chi connectivity index (χ4n) is 3.20. The first-order chi connectivity index (χ1) is 12.3. The lowest BCUT2D eigenvalue weighted by Crippen LogP contribution is -2.39. The number of fused-ring (bicyclic) bond motifs is 1. The Labute approximate surface area is 152 Å². The molecule has 0 aromatic carbocycles. The van der Waals surface area contributed by atoms with Crippen molar-refractivity contribution in [2.45, 2.75) is 64.8 Å². The molecule has 1 aromatic rings. The number of rotatable bonds is 9. The molecule has 2 heterocycles. The molecule has 2 rings (SSSR count). The van der Waals surface area contributed by atoms with Crippen LogP contribution in [-0.4, -0.2) is 52.3 Å². The molecule has 0 amide bonds. The van der Waals surface area contributed by atoms with Gasteiger partial charge in [-0.25, -0.2) is 0 Å². The topological polar surface area (TPSA) is 58.3 Å². The Bertz CT molecular complexity index is 548. The van der Waals surface area contributed by atoms with Gasteiger partial charge in [0.1, 0.15) is 11.6 Å². The van der Waals surface area contributed by atoms with Crippen LogP contribution in [0.15, 0.2) is 17.6 Å². The quantitative estimate of drug-likeness (QED) is 0.323. The lowest BCUT2D eigenvalue weighted by Gasteiger charge is -2.21. The van der Waals surface area contributed by atoms with Gasteiger partial charge >= 0.3 is 0 Å². The molecule has 0 saturated carbocycles. The predicted octanol–water partition coefficient (Wildman–Crippen LogP) is 2.80. The van der Waals surface area contributed by atoms with Gasteiger partial charge in [0.2, 0.25) is 0 Å². The molecule has 1 aromatic heterocycles. The van der Waals surface area contributed by atoms with Gasteiger partial charge in [-0.3, -0.25) is 4.99 Å². The van der Waals surface area contributed by atoms with Gasteiger partial charge < -0.3 is 14.8 Å². The molecule has 6 heteroatoms. The SMILES string of the molecule is C=CCCCN(C)C(=NCCCc1nnc2n1CCCCC2)NCC. The Morgan fingerprint density at radius 1 is 1.32 bits per heavy atom. The number of aryl methyl sites for hydroxylation is 2. The summed E-state index contributed by atoms with van der Waals surface area (Å²) in [5.74, 6) is 3.30. The van der Waals surface area contributed by atoms with Crippen molar-refractivity contribution in [2.24, 2.45) is 4.99 Å². The predicted molar refractivity (Wildman–Crippen MR) is 104 cm³/mol. The fourth-order valence-corrected chi connectivity index (χ4v) is 3.20. The average Bonchev–Trinajstić information content (AvgIpc) is 2.84. The summed E-state index contributed by atoms with van der Waals surface area (Å²) >= 11 is 0. The van der Waals surface area contributed by atoms with Gasteiger partial charge in [-0.2, -0.15) is 0 Å². The van der Waals surface area contributed by atoms with Crippen LogP contribution in [0.1, 0.15) is 57.1 Å². The highest BCUT2D eigenvalue weighted by molar-refractivity contribution is 5.79. The monoisotopic (exact) mass is 346 g/mol. The van der Waals surface area contributed by atoms with Crippen molar-refractivity contribution in [1.82, 2.24) is 25.0 Å². The molecule has 140 valence electrons. The molecule has 0 atom stereocenters. The molecule has 0 spiro atoms. The van der Waals surface area contributed by atoms with E-state index in [0.717, 1.165) is 70.1 Å². The number of hydrogen-bond acceptors (Lipinski definition) is 3. The van der Waals surface area contributed by atoms with E-state index in [4.69, 9.17) is 4.99 Å². The third kappa shape index (κ3) is 6.18. The second kappa shape index (κ2) is 10.9. The summed E-state index contributed by atoms with van der Waals surface area (Å²) in [7, 11) is 2.10. The highest BCUT2D eigenvalue weighted by Crippen LogP contribution is 2.15. The number of nitrogens with zero attached hydrogens (tertiary/aromatic N) is 5. The van der Waals surface area contributed by atoms with Crippen LogP contribution in [0, 0.1) is 0 Å².